The van der Waals surface area contributed by atoms with Gasteiger partial charge in [-0.1, -0.05) is 0 Å². The van der Waals surface area contributed by atoms with Crippen LogP contribution in [0.15, 0.2) is 65.0 Å². The van der Waals surface area contributed by atoms with E-state index >= 15 is 0 Å². The smallest absolute Gasteiger partial charge is 0.416 e. The zero-order valence-corrected chi connectivity index (χ0v) is 16.6. The van der Waals surface area contributed by atoms with E-state index in [1.54, 1.807) is 5.38 Å². The maximum atomic E-state index is 12.5. The van der Waals surface area contributed by atoms with Crippen LogP contribution in [0.2, 0.25) is 0 Å². The van der Waals surface area contributed by atoms with Crippen molar-refractivity contribution in [1.82, 2.24) is 4.98 Å². The fourth-order valence-electron chi connectivity index (χ4n) is 2.25. The number of sulfonamides is 1. The van der Waals surface area contributed by atoms with E-state index in [4.69, 9.17) is 4.74 Å². The summed E-state index contributed by atoms with van der Waals surface area (Å²) >= 11 is 1.13. The molecule has 1 amide bonds. The molecule has 7 nitrogen and oxygen atoms in total. The van der Waals surface area contributed by atoms with Crippen LogP contribution >= 0.6 is 11.3 Å². The Hall–Kier alpha value is -3.12. The number of hydrogen-bond donors (Lipinski definition) is 2. The Bertz CT molecular complexity index is 1100. The van der Waals surface area contributed by atoms with Crippen molar-refractivity contribution in [2.45, 2.75) is 11.1 Å². The minimum Gasteiger partial charge on any atom is -0.484 e. The van der Waals surface area contributed by atoms with E-state index in [0.717, 1.165) is 35.6 Å². The molecule has 2 aromatic carbocycles. The number of thiazole rings is 1. The Morgan fingerprint density at radius 1 is 1.07 bits per heavy atom. The minimum atomic E-state index is -4.45. The molecule has 0 saturated carbocycles. The van der Waals surface area contributed by atoms with Gasteiger partial charge >= 0.3 is 6.18 Å². The molecule has 3 rings (SSSR count). The lowest BCUT2D eigenvalue weighted by molar-refractivity contribution is -0.137. The fourth-order valence-corrected chi connectivity index (χ4v) is 4.04. The first-order chi connectivity index (χ1) is 14.1. The maximum Gasteiger partial charge on any atom is 0.416 e. The van der Waals surface area contributed by atoms with E-state index < -0.39 is 34.3 Å². The van der Waals surface area contributed by atoms with Crippen molar-refractivity contribution in [1.29, 1.82) is 0 Å². The van der Waals surface area contributed by atoms with Gasteiger partial charge in [0.1, 0.15) is 5.75 Å². The summed E-state index contributed by atoms with van der Waals surface area (Å²) in [6.45, 7) is -0.434. The Morgan fingerprint density at radius 3 is 2.30 bits per heavy atom. The molecule has 12 heteroatoms. The fraction of sp³-hybridized carbons (Fsp3) is 0.111. The molecule has 0 radical (unpaired) electrons. The summed E-state index contributed by atoms with van der Waals surface area (Å²) in [7, 11) is -3.81. The molecule has 0 spiro atoms. The molecule has 0 unspecified atom stereocenters. The predicted molar refractivity (Wildman–Crippen MR) is 105 cm³/mol. The van der Waals surface area contributed by atoms with Gasteiger partial charge in [-0.3, -0.25) is 9.52 Å². The minimum absolute atomic E-state index is 0.0169. The second kappa shape index (κ2) is 8.71. The Kier molecular flexibility index (Phi) is 6.27. The number of anilines is 2. The topological polar surface area (TPSA) is 97.4 Å². The molecule has 158 valence electrons. The number of carbonyl (C=O) groups is 1. The van der Waals surface area contributed by atoms with Crippen LogP contribution in [0, 0.1) is 0 Å². The average molecular weight is 457 g/mol. The molecule has 0 atom stereocenters. The van der Waals surface area contributed by atoms with Gasteiger partial charge in [-0.25, -0.2) is 13.4 Å². The highest BCUT2D eigenvalue weighted by Gasteiger charge is 2.30. The summed E-state index contributed by atoms with van der Waals surface area (Å²) in [5.41, 5.74) is -0.497. The predicted octanol–water partition coefficient (Wildman–Crippen LogP) is 3.98. The second-order valence-electron chi connectivity index (χ2n) is 5.83. The van der Waals surface area contributed by atoms with Crippen molar-refractivity contribution in [2.24, 2.45) is 0 Å². The standard InChI is InChI=1S/C18H14F3N3O4S2/c19-18(20,21)12-1-5-14(6-2-12)28-11-16(25)23-13-3-7-15(8-4-13)30(26,27)24-17-22-9-10-29-17/h1-10H,11H2,(H,22,24)(H,23,25). The van der Waals surface area contributed by atoms with Crippen molar-refractivity contribution < 1.29 is 31.1 Å². The molecule has 0 bridgehead atoms. The zero-order chi connectivity index (χ0) is 21.8. The highest BCUT2D eigenvalue weighted by molar-refractivity contribution is 7.93. The molecule has 1 heterocycles. The van der Waals surface area contributed by atoms with E-state index in [-0.39, 0.29) is 15.8 Å². The zero-order valence-electron chi connectivity index (χ0n) is 15.0. The SMILES string of the molecule is O=C(COc1ccc(C(F)(F)F)cc1)Nc1ccc(S(=O)(=O)Nc2nccs2)cc1. The number of aromatic nitrogens is 1. The largest absolute Gasteiger partial charge is 0.484 e. The van der Waals surface area contributed by atoms with Crippen LogP contribution in [-0.2, 0) is 21.0 Å². The quantitative estimate of drug-likeness (QED) is 0.559. The number of nitrogens with one attached hydrogen (secondary N) is 2. The van der Waals surface area contributed by atoms with Crippen LogP contribution in [0.5, 0.6) is 5.75 Å². The van der Waals surface area contributed by atoms with Crippen LogP contribution in [0.4, 0.5) is 24.0 Å². The monoisotopic (exact) mass is 457 g/mol. The number of nitrogens with zero attached hydrogens (tertiary/aromatic N) is 1. The number of hydrogen-bond acceptors (Lipinski definition) is 6. The molecular weight excluding hydrogens is 443 g/mol. The second-order valence-corrected chi connectivity index (χ2v) is 8.40. The molecule has 3 aromatic rings. The summed E-state index contributed by atoms with van der Waals surface area (Å²) in [5.74, 6) is -0.459. The lowest BCUT2D eigenvalue weighted by Crippen LogP contribution is -2.20. The van der Waals surface area contributed by atoms with E-state index in [9.17, 15) is 26.4 Å². The van der Waals surface area contributed by atoms with E-state index in [0.29, 0.717) is 5.69 Å². The van der Waals surface area contributed by atoms with Crippen LogP contribution in [0.3, 0.4) is 0 Å². The van der Waals surface area contributed by atoms with Gasteiger partial charge in [-0.05, 0) is 48.5 Å². The lowest BCUT2D eigenvalue weighted by atomic mass is 10.2. The third kappa shape index (κ3) is 5.70. The first-order valence-electron chi connectivity index (χ1n) is 8.26. The van der Waals surface area contributed by atoms with Gasteiger partial charge in [-0.2, -0.15) is 13.2 Å². The van der Waals surface area contributed by atoms with Crippen LogP contribution < -0.4 is 14.8 Å². The van der Waals surface area contributed by atoms with Gasteiger partial charge in [0, 0.05) is 17.3 Å². The normalized spacial score (nSPS) is 11.7. The van der Waals surface area contributed by atoms with E-state index in [2.05, 4.69) is 15.0 Å². The first-order valence-corrected chi connectivity index (χ1v) is 10.6. The third-order valence-corrected chi connectivity index (χ3v) is 5.83. The molecule has 0 aliphatic carbocycles. The maximum absolute atomic E-state index is 12.5. The van der Waals surface area contributed by atoms with Crippen LogP contribution in [0.1, 0.15) is 5.56 Å². The Labute approximate surface area is 173 Å². The van der Waals surface area contributed by atoms with E-state index in [1.165, 1.54) is 30.5 Å². The highest BCUT2D eigenvalue weighted by Crippen LogP contribution is 2.30. The van der Waals surface area contributed by atoms with Gasteiger partial charge in [0.05, 0.1) is 10.5 Å². The molecular formula is C18H14F3N3O4S2. The highest BCUT2D eigenvalue weighted by atomic mass is 32.2. The first kappa shape index (κ1) is 21.6. The lowest BCUT2D eigenvalue weighted by Gasteiger charge is -2.10. The number of ether oxygens (including phenoxy) is 1. The average Bonchev–Trinajstić information content (AvgIpc) is 3.19. The van der Waals surface area contributed by atoms with Crippen molar-refractivity contribution in [2.75, 3.05) is 16.6 Å². The molecule has 0 fully saturated rings. The van der Waals surface area contributed by atoms with Crippen LogP contribution in [-0.4, -0.2) is 25.9 Å². The number of halogens is 3. The summed E-state index contributed by atoms with van der Waals surface area (Å²) in [6, 6.07) is 9.35. The van der Waals surface area contributed by atoms with Crippen molar-refractivity contribution in [3.63, 3.8) is 0 Å². The van der Waals surface area contributed by atoms with Gasteiger partial charge in [-0.15, -0.1) is 11.3 Å². The van der Waals surface area contributed by atoms with Crippen LogP contribution in [0.25, 0.3) is 0 Å². The number of rotatable bonds is 7. The van der Waals surface area contributed by atoms with Gasteiger partial charge in [0.15, 0.2) is 11.7 Å². The van der Waals surface area contributed by atoms with Crippen molar-refractivity contribution in [3.05, 3.63) is 65.7 Å². The molecule has 0 aliphatic heterocycles. The van der Waals surface area contributed by atoms with Crippen molar-refractivity contribution >= 4 is 38.1 Å². The number of carbonyl (C=O) groups excluding carboxylic acids is 1. The Balaban J connectivity index is 1.54. The van der Waals surface area contributed by atoms with E-state index in [1.807, 2.05) is 0 Å². The van der Waals surface area contributed by atoms with Crippen molar-refractivity contribution in [3.8, 4) is 5.75 Å². The van der Waals surface area contributed by atoms with Gasteiger partial charge in [0.25, 0.3) is 15.9 Å². The summed E-state index contributed by atoms with van der Waals surface area (Å²) in [6.07, 6.45) is -2.99. The summed E-state index contributed by atoms with van der Waals surface area (Å²) < 4.78 is 69.6. The molecule has 1 aromatic heterocycles. The summed E-state index contributed by atoms with van der Waals surface area (Å²) in [5, 5.41) is 4.36. The molecule has 2 N–H and O–H groups in total. The molecule has 30 heavy (non-hydrogen) atoms. The van der Waals surface area contributed by atoms with Gasteiger partial charge < -0.3 is 10.1 Å². The molecule has 0 aliphatic rings. The Morgan fingerprint density at radius 2 is 1.73 bits per heavy atom. The molecule has 0 saturated heterocycles. The van der Waals surface area contributed by atoms with Gasteiger partial charge in [0.2, 0.25) is 0 Å². The number of amides is 1. The summed E-state index contributed by atoms with van der Waals surface area (Å²) in [4.78, 5) is 15.8. The number of alkyl halides is 3. The third-order valence-electron chi connectivity index (χ3n) is 3.65. The number of benzene rings is 2.